The van der Waals surface area contributed by atoms with Crippen molar-refractivity contribution in [2.45, 2.75) is 94.6 Å². The molecule has 1 heterocycles. The number of carbonyl (C=O) groups is 2. The lowest BCUT2D eigenvalue weighted by Crippen LogP contribution is -2.54. The number of rotatable bonds is 11. The zero-order chi connectivity index (χ0) is 35.0. The van der Waals surface area contributed by atoms with Gasteiger partial charge in [0.2, 0.25) is 11.8 Å². The average Bonchev–Trinajstić information content (AvgIpc) is 3.09. The zero-order valence-corrected chi connectivity index (χ0v) is 30.7. The van der Waals surface area contributed by atoms with E-state index in [1.807, 2.05) is 20.8 Å². The molecule has 0 aromatic heterocycles. The molecule has 1 unspecified atom stereocenters. The number of amides is 2. The standard InChI is InChI=1S/C44H47N3O2S/c1-6-7-8-11-25-46-36-15-9-10-16-39(36)50-40-26-30(17-24-37(40)46)28-47(29(2)48)38(43(49)45-44(3,4)5)27-34-21-20-33-19-18-31-13-12-14-32-22-23-35(34)42(33)41(31)32/h9-10,12-24,26,38H,6-8,11,25,27-28H2,1-5H3,(H,45,49). The molecule has 1 aliphatic rings. The van der Waals surface area contributed by atoms with Crippen molar-refractivity contribution in [1.82, 2.24) is 10.2 Å². The molecule has 5 nitrogen and oxygen atoms in total. The lowest BCUT2D eigenvalue weighted by Gasteiger charge is -2.35. The van der Waals surface area contributed by atoms with E-state index < -0.39 is 11.6 Å². The van der Waals surface area contributed by atoms with Gasteiger partial charge >= 0.3 is 0 Å². The molecule has 0 saturated carbocycles. The molecule has 1 aliphatic heterocycles. The number of nitrogens with one attached hydrogen (secondary N) is 1. The Morgan fingerprint density at radius 2 is 1.48 bits per heavy atom. The van der Waals surface area contributed by atoms with E-state index in [0.29, 0.717) is 13.0 Å². The number of nitrogens with zero attached hydrogens (tertiary/aromatic N) is 2. The molecule has 0 saturated heterocycles. The van der Waals surface area contributed by atoms with Crippen molar-refractivity contribution in [3.8, 4) is 0 Å². The first kappa shape index (κ1) is 33.9. The predicted molar refractivity (Wildman–Crippen MR) is 210 cm³/mol. The molecule has 50 heavy (non-hydrogen) atoms. The minimum absolute atomic E-state index is 0.120. The third-order valence-corrected chi connectivity index (χ3v) is 11.0. The largest absolute Gasteiger partial charge is 0.350 e. The van der Waals surface area contributed by atoms with Crippen molar-refractivity contribution in [2.24, 2.45) is 0 Å². The molecule has 1 N–H and O–H groups in total. The van der Waals surface area contributed by atoms with E-state index in [4.69, 9.17) is 0 Å². The van der Waals surface area contributed by atoms with Crippen LogP contribution >= 0.6 is 11.8 Å². The third kappa shape index (κ3) is 6.78. The van der Waals surface area contributed by atoms with Crippen LogP contribution in [0.1, 0.15) is 71.4 Å². The molecule has 2 amide bonds. The fourth-order valence-electron chi connectivity index (χ4n) is 7.53. The molecule has 6 aromatic carbocycles. The summed E-state index contributed by atoms with van der Waals surface area (Å²) in [6, 6.07) is 33.9. The van der Waals surface area contributed by atoms with Crippen LogP contribution in [0.5, 0.6) is 0 Å². The second-order valence-corrected chi connectivity index (χ2v) is 15.9. The maximum atomic E-state index is 14.2. The van der Waals surface area contributed by atoms with Crippen LogP contribution in [0.3, 0.4) is 0 Å². The van der Waals surface area contributed by atoms with Crippen molar-refractivity contribution in [3.63, 3.8) is 0 Å². The van der Waals surface area contributed by atoms with Gasteiger partial charge in [0.25, 0.3) is 0 Å². The number of hydrogen-bond donors (Lipinski definition) is 1. The van der Waals surface area contributed by atoms with Crippen molar-refractivity contribution in [3.05, 3.63) is 108 Å². The van der Waals surface area contributed by atoms with Gasteiger partial charge in [-0.3, -0.25) is 9.59 Å². The topological polar surface area (TPSA) is 52.7 Å². The first-order chi connectivity index (χ1) is 24.1. The summed E-state index contributed by atoms with van der Waals surface area (Å²) >= 11 is 1.79. The first-order valence-corrected chi connectivity index (χ1v) is 18.8. The number of para-hydroxylation sites is 1. The molecule has 0 fully saturated rings. The Balaban J connectivity index is 1.24. The fraction of sp³-hybridized carbons (Fsp3) is 0.318. The van der Waals surface area contributed by atoms with Crippen molar-refractivity contribution in [2.75, 3.05) is 11.4 Å². The normalized spacial score (nSPS) is 13.4. The van der Waals surface area contributed by atoms with Crippen LogP contribution in [-0.4, -0.2) is 34.8 Å². The van der Waals surface area contributed by atoms with Crippen LogP contribution < -0.4 is 10.2 Å². The SMILES string of the molecule is CCCCCCN1c2ccccc2Sc2cc(CN(C(C)=O)C(Cc3ccc4ccc5cccc6ccc3c4c56)C(=O)NC(C)(C)C)ccc21. The van der Waals surface area contributed by atoms with Crippen LogP contribution in [0.2, 0.25) is 0 Å². The van der Waals surface area contributed by atoms with Gasteiger partial charge in [-0.25, -0.2) is 0 Å². The quantitative estimate of drug-likeness (QED) is 0.109. The molecule has 6 heteroatoms. The third-order valence-electron chi connectivity index (χ3n) is 9.89. The Morgan fingerprint density at radius 1 is 0.780 bits per heavy atom. The van der Waals surface area contributed by atoms with Gasteiger partial charge in [0, 0.05) is 41.8 Å². The maximum Gasteiger partial charge on any atom is 0.243 e. The van der Waals surface area contributed by atoms with Gasteiger partial charge in [-0.05, 0) is 94.9 Å². The van der Waals surface area contributed by atoms with E-state index in [0.717, 1.165) is 29.5 Å². The number of benzene rings is 6. The smallest absolute Gasteiger partial charge is 0.243 e. The Morgan fingerprint density at radius 3 is 2.22 bits per heavy atom. The summed E-state index contributed by atoms with van der Waals surface area (Å²) < 4.78 is 0. The minimum Gasteiger partial charge on any atom is -0.350 e. The summed E-state index contributed by atoms with van der Waals surface area (Å²) in [5.74, 6) is -0.261. The summed E-state index contributed by atoms with van der Waals surface area (Å²) in [4.78, 5) is 34.5. The number of fused-ring (bicyclic) bond motifs is 2. The molecule has 0 radical (unpaired) electrons. The van der Waals surface area contributed by atoms with Gasteiger partial charge < -0.3 is 15.1 Å². The summed E-state index contributed by atoms with van der Waals surface area (Å²) in [7, 11) is 0. The zero-order valence-electron chi connectivity index (χ0n) is 29.9. The van der Waals surface area contributed by atoms with E-state index in [1.165, 1.54) is 67.4 Å². The molecule has 0 aliphatic carbocycles. The molecular formula is C44H47N3O2S. The Kier molecular flexibility index (Phi) is 9.49. The highest BCUT2D eigenvalue weighted by atomic mass is 32.2. The molecule has 256 valence electrons. The molecule has 7 rings (SSSR count). The maximum absolute atomic E-state index is 14.2. The lowest BCUT2D eigenvalue weighted by molar-refractivity contribution is -0.140. The van der Waals surface area contributed by atoms with E-state index in [-0.39, 0.29) is 11.8 Å². The van der Waals surface area contributed by atoms with E-state index >= 15 is 0 Å². The van der Waals surface area contributed by atoms with Crippen molar-refractivity contribution in [1.29, 1.82) is 0 Å². The molecular weight excluding hydrogens is 635 g/mol. The van der Waals surface area contributed by atoms with Crippen LogP contribution in [0, 0.1) is 0 Å². The predicted octanol–water partition coefficient (Wildman–Crippen LogP) is 10.6. The summed E-state index contributed by atoms with van der Waals surface area (Å²) in [6.45, 7) is 11.1. The van der Waals surface area contributed by atoms with Gasteiger partial charge in [0.15, 0.2) is 0 Å². The van der Waals surface area contributed by atoms with Gasteiger partial charge in [0.1, 0.15) is 6.04 Å². The minimum atomic E-state index is -0.690. The summed E-state index contributed by atoms with van der Waals surface area (Å²) in [5, 5.41) is 10.4. The second-order valence-electron chi connectivity index (χ2n) is 14.8. The van der Waals surface area contributed by atoms with Crippen molar-refractivity contribution < 1.29 is 9.59 Å². The highest BCUT2D eigenvalue weighted by molar-refractivity contribution is 7.99. The van der Waals surface area contributed by atoms with Crippen LogP contribution in [0.4, 0.5) is 11.4 Å². The van der Waals surface area contributed by atoms with Gasteiger partial charge in [-0.1, -0.05) is 111 Å². The first-order valence-electron chi connectivity index (χ1n) is 18.0. The molecule has 0 spiro atoms. The van der Waals surface area contributed by atoms with E-state index in [2.05, 4.69) is 114 Å². The molecule has 0 bridgehead atoms. The van der Waals surface area contributed by atoms with Crippen molar-refractivity contribution >= 4 is 67.3 Å². The lowest BCUT2D eigenvalue weighted by atomic mass is 9.89. The average molecular weight is 682 g/mol. The van der Waals surface area contributed by atoms with Gasteiger partial charge in [0.05, 0.1) is 11.4 Å². The highest BCUT2D eigenvalue weighted by Gasteiger charge is 2.32. The second kappa shape index (κ2) is 14.0. The number of anilines is 2. The number of hydrogen-bond acceptors (Lipinski definition) is 4. The monoisotopic (exact) mass is 681 g/mol. The number of carbonyl (C=O) groups excluding carboxylic acids is 2. The Labute approximate surface area is 300 Å². The molecule has 6 aromatic rings. The van der Waals surface area contributed by atoms with Gasteiger partial charge in [-0.15, -0.1) is 0 Å². The van der Waals surface area contributed by atoms with Crippen LogP contribution in [0.15, 0.2) is 107 Å². The van der Waals surface area contributed by atoms with Crippen LogP contribution in [0.25, 0.3) is 32.3 Å². The summed E-state index contributed by atoms with van der Waals surface area (Å²) in [5.41, 5.74) is 4.09. The Bertz CT molecular complexity index is 2170. The van der Waals surface area contributed by atoms with Crippen LogP contribution in [-0.2, 0) is 22.6 Å². The fourth-order valence-corrected chi connectivity index (χ4v) is 8.69. The highest BCUT2D eigenvalue weighted by Crippen LogP contribution is 2.48. The van der Waals surface area contributed by atoms with E-state index in [1.54, 1.807) is 23.6 Å². The summed E-state index contributed by atoms with van der Waals surface area (Å²) in [6.07, 6.45) is 5.22. The Hall–Kier alpha value is -4.55. The van der Waals surface area contributed by atoms with Gasteiger partial charge in [-0.2, -0.15) is 0 Å². The number of unbranched alkanes of at least 4 members (excludes halogenated alkanes) is 3. The van der Waals surface area contributed by atoms with E-state index in [9.17, 15) is 9.59 Å². The molecule has 1 atom stereocenters.